The molecule has 3 heterocycles. The highest BCUT2D eigenvalue weighted by molar-refractivity contribution is 6.05. The molecule has 1 saturated heterocycles. The van der Waals surface area contributed by atoms with Crippen LogP contribution in [0, 0.1) is 5.41 Å². The first-order valence-corrected chi connectivity index (χ1v) is 11.3. The van der Waals surface area contributed by atoms with Crippen molar-refractivity contribution >= 4 is 28.3 Å². The Morgan fingerprint density at radius 1 is 1.09 bits per heavy atom. The molecule has 7 heteroatoms. The minimum Gasteiger partial charge on any atom is -0.495 e. The second-order valence-electron chi connectivity index (χ2n) is 9.68. The Bertz CT molecular complexity index is 1140. The van der Waals surface area contributed by atoms with Gasteiger partial charge in [-0.15, -0.1) is 0 Å². The maximum atomic E-state index is 12.5. The van der Waals surface area contributed by atoms with E-state index in [2.05, 4.69) is 29.0 Å². The van der Waals surface area contributed by atoms with E-state index in [0.717, 1.165) is 35.4 Å². The van der Waals surface area contributed by atoms with Gasteiger partial charge in [0.25, 0.3) is 0 Å². The van der Waals surface area contributed by atoms with Crippen LogP contribution in [0.2, 0.25) is 0 Å². The van der Waals surface area contributed by atoms with Crippen LogP contribution in [0.15, 0.2) is 42.7 Å². The second kappa shape index (κ2) is 8.98. The lowest BCUT2D eigenvalue weighted by molar-refractivity contribution is -0.123. The third kappa shape index (κ3) is 4.78. The fourth-order valence-electron chi connectivity index (χ4n) is 4.13. The standard InChI is InChI=1S/C26H32N4O3/c1-16-14-30(15-17(2)33-16)22-11-10-18(12-27-22)20-13-28-23-19(24(20)32-6)8-7-9-21(23)29-25(31)26(3,4)5/h7-13,16-17H,14-15H2,1-6H3,(H,29,31)/t16-,17+. The molecule has 1 aliphatic rings. The van der Waals surface area contributed by atoms with E-state index < -0.39 is 5.41 Å². The molecule has 1 N–H and O–H groups in total. The molecule has 0 saturated carbocycles. The van der Waals surface area contributed by atoms with Crippen molar-refractivity contribution in [2.45, 2.75) is 46.8 Å². The third-order valence-corrected chi connectivity index (χ3v) is 5.78. The van der Waals surface area contributed by atoms with Crippen molar-refractivity contribution in [2.75, 3.05) is 30.4 Å². The van der Waals surface area contributed by atoms with Crippen LogP contribution in [0.5, 0.6) is 5.75 Å². The molecule has 7 nitrogen and oxygen atoms in total. The number of carbonyl (C=O) groups excluding carboxylic acids is 1. The summed E-state index contributed by atoms with van der Waals surface area (Å²) in [7, 11) is 1.65. The number of amides is 1. The number of nitrogens with zero attached hydrogens (tertiary/aromatic N) is 3. The van der Waals surface area contributed by atoms with Crippen molar-refractivity contribution in [2.24, 2.45) is 5.41 Å². The Morgan fingerprint density at radius 2 is 1.82 bits per heavy atom. The van der Waals surface area contributed by atoms with E-state index in [-0.39, 0.29) is 18.1 Å². The Hall–Kier alpha value is -3.19. The van der Waals surface area contributed by atoms with Crippen molar-refractivity contribution in [3.63, 3.8) is 0 Å². The van der Waals surface area contributed by atoms with E-state index in [1.165, 1.54) is 0 Å². The number of fused-ring (bicyclic) bond motifs is 1. The van der Waals surface area contributed by atoms with Gasteiger partial charge < -0.3 is 19.7 Å². The van der Waals surface area contributed by atoms with Gasteiger partial charge in [0.05, 0.1) is 30.5 Å². The second-order valence-corrected chi connectivity index (χ2v) is 9.68. The average molecular weight is 449 g/mol. The van der Waals surface area contributed by atoms with Crippen LogP contribution in [-0.2, 0) is 9.53 Å². The van der Waals surface area contributed by atoms with Crippen LogP contribution in [0.25, 0.3) is 22.0 Å². The fourth-order valence-corrected chi connectivity index (χ4v) is 4.13. The summed E-state index contributed by atoms with van der Waals surface area (Å²) in [5.41, 5.74) is 2.63. The molecule has 1 amide bonds. The SMILES string of the molecule is COc1c(-c2ccc(N3C[C@@H](C)O[C@@H](C)C3)nc2)cnc2c(NC(=O)C(C)(C)C)cccc12. The van der Waals surface area contributed by atoms with E-state index in [1.807, 2.05) is 57.3 Å². The molecule has 33 heavy (non-hydrogen) atoms. The molecular formula is C26H32N4O3. The molecule has 1 fully saturated rings. The molecular weight excluding hydrogens is 416 g/mol. The van der Waals surface area contributed by atoms with Crippen molar-refractivity contribution < 1.29 is 14.3 Å². The van der Waals surface area contributed by atoms with Gasteiger partial charge >= 0.3 is 0 Å². The van der Waals surface area contributed by atoms with Gasteiger partial charge in [-0.3, -0.25) is 9.78 Å². The number of para-hydroxylation sites is 1. The number of rotatable bonds is 4. The first-order chi connectivity index (χ1) is 15.7. The predicted octanol–water partition coefficient (Wildman–Crippen LogP) is 4.90. The van der Waals surface area contributed by atoms with Gasteiger partial charge in [-0.2, -0.15) is 0 Å². The monoisotopic (exact) mass is 448 g/mol. The molecule has 1 aromatic carbocycles. The topological polar surface area (TPSA) is 76.6 Å². The maximum Gasteiger partial charge on any atom is 0.229 e. The number of hydrogen-bond donors (Lipinski definition) is 1. The highest BCUT2D eigenvalue weighted by Crippen LogP contribution is 2.38. The normalized spacial score (nSPS) is 18.9. The quantitative estimate of drug-likeness (QED) is 0.612. The van der Waals surface area contributed by atoms with Gasteiger partial charge in [0.1, 0.15) is 11.6 Å². The molecule has 174 valence electrons. The average Bonchev–Trinajstić information content (AvgIpc) is 2.77. The third-order valence-electron chi connectivity index (χ3n) is 5.78. The minimum absolute atomic E-state index is 0.0635. The molecule has 2 atom stereocenters. The van der Waals surface area contributed by atoms with Gasteiger partial charge in [0.2, 0.25) is 5.91 Å². The number of methoxy groups -OCH3 is 1. The van der Waals surface area contributed by atoms with Crippen molar-refractivity contribution in [1.29, 1.82) is 0 Å². The maximum absolute atomic E-state index is 12.5. The lowest BCUT2D eigenvalue weighted by Crippen LogP contribution is -2.45. The summed E-state index contributed by atoms with van der Waals surface area (Å²) in [5.74, 6) is 1.57. The minimum atomic E-state index is -0.504. The predicted molar refractivity (Wildman–Crippen MR) is 132 cm³/mol. The zero-order valence-corrected chi connectivity index (χ0v) is 20.2. The number of carbonyl (C=O) groups is 1. The van der Waals surface area contributed by atoms with E-state index in [4.69, 9.17) is 14.5 Å². The van der Waals surface area contributed by atoms with Crippen LogP contribution in [0.3, 0.4) is 0 Å². The lowest BCUT2D eigenvalue weighted by atomic mass is 9.95. The molecule has 0 unspecified atom stereocenters. The largest absolute Gasteiger partial charge is 0.495 e. The van der Waals surface area contributed by atoms with Gasteiger partial charge in [0, 0.05) is 47.4 Å². The van der Waals surface area contributed by atoms with Crippen molar-refractivity contribution in [1.82, 2.24) is 9.97 Å². The smallest absolute Gasteiger partial charge is 0.229 e. The van der Waals surface area contributed by atoms with E-state index in [0.29, 0.717) is 17.0 Å². The Labute approximate surface area is 195 Å². The summed E-state index contributed by atoms with van der Waals surface area (Å²) >= 11 is 0. The van der Waals surface area contributed by atoms with Gasteiger partial charge in [-0.25, -0.2) is 4.98 Å². The highest BCUT2D eigenvalue weighted by Gasteiger charge is 2.24. The summed E-state index contributed by atoms with van der Waals surface area (Å²) in [6.07, 6.45) is 3.99. The molecule has 0 aliphatic carbocycles. The van der Waals surface area contributed by atoms with Crippen molar-refractivity contribution in [3.8, 4) is 16.9 Å². The van der Waals surface area contributed by atoms with Crippen LogP contribution >= 0.6 is 0 Å². The number of nitrogens with one attached hydrogen (secondary N) is 1. The number of ether oxygens (including phenoxy) is 2. The zero-order valence-electron chi connectivity index (χ0n) is 20.2. The van der Waals surface area contributed by atoms with Crippen molar-refractivity contribution in [3.05, 3.63) is 42.7 Å². The number of morpholine rings is 1. The number of aromatic nitrogens is 2. The first-order valence-electron chi connectivity index (χ1n) is 11.3. The van der Waals surface area contributed by atoms with Crippen LogP contribution in [0.4, 0.5) is 11.5 Å². The first kappa shape index (κ1) is 23.0. The lowest BCUT2D eigenvalue weighted by Gasteiger charge is -2.36. The van der Waals surface area contributed by atoms with E-state index >= 15 is 0 Å². The fraction of sp³-hybridized carbons (Fsp3) is 0.423. The van der Waals surface area contributed by atoms with Gasteiger partial charge in [-0.1, -0.05) is 26.8 Å². The molecule has 0 bridgehead atoms. The molecule has 2 aromatic heterocycles. The summed E-state index contributed by atoms with van der Waals surface area (Å²) in [5, 5.41) is 3.84. The van der Waals surface area contributed by atoms with E-state index in [9.17, 15) is 4.79 Å². The van der Waals surface area contributed by atoms with E-state index in [1.54, 1.807) is 13.3 Å². The summed E-state index contributed by atoms with van der Waals surface area (Å²) in [4.78, 5) is 24.2. The van der Waals surface area contributed by atoms with Crippen LogP contribution in [-0.4, -0.2) is 48.3 Å². The van der Waals surface area contributed by atoms with Gasteiger partial charge in [-0.05, 0) is 38.1 Å². The summed E-state index contributed by atoms with van der Waals surface area (Å²) in [6.45, 7) is 11.5. The van der Waals surface area contributed by atoms with Gasteiger partial charge in [0.15, 0.2) is 0 Å². The number of pyridine rings is 2. The Kier molecular flexibility index (Phi) is 6.26. The summed E-state index contributed by atoms with van der Waals surface area (Å²) < 4.78 is 11.6. The number of benzene rings is 1. The molecule has 0 spiro atoms. The Morgan fingerprint density at radius 3 is 2.42 bits per heavy atom. The molecule has 0 radical (unpaired) electrons. The molecule has 3 aromatic rings. The number of hydrogen-bond acceptors (Lipinski definition) is 6. The highest BCUT2D eigenvalue weighted by atomic mass is 16.5. The molecule has 4 rings (SSSR count). The Balaban J connectivity index is 1.68. The number of anilines is 2. The van der Waals surface area contributed by atoms with Crippen LogP contribution < -0.4 is 15.0 Å². The summed E-state index contributed by atoms with van der Waals surface area (Å²) in [6, 6.07) is 9.79. The molecule has 1 aliphatic heterocycles. The zero-order chi connectivity index (χ0) is 23.8. The van der Waals surface area contributed by atoms with Crippen LogP contribution in [0.1, 0.15) is 34.6 Å².